The summed E-state index contributed by atoms with van der Waals surface area (Å²) in [5.41, 5.74) is 1.37. The summed E-state index contributed by atoms with van der Waals surface area (Å²) in [6, 6.07) is 8.22. The zero-order chi connectivity index (χ0) is 22.7. The van der Waals surface area contributed by atoms with Crippen LogP contribution in [0.1, 0.15) is 47.9 Å². The van der Waals surface area contributed by atoms with Gasteiger partial charge < -0.3 is 14.8 Å². The molecule has 1 aliphatic rings. The van der Waals surface area contributed by atoms with Gasteiger partial charge in [0.25, 0.3) is 5.91 Å². The van der Waals surface area contributed by atoms with Crippen molar-refractivity contribution >= 4 is 28.8 Å². The van der Waals surface area contributed by atoms with E-state index in [4.69, 9.17) is 4.74 Å². The Kier molecular flexibility index (Phi) is 6.43. The van der Waals surface area contributed by atoms with Gasteiger partial charge in [-0.2, -0.15) is 5.10 Å². The molecule has 1 amide bonds. The van der Waals surface area contributed by atoms with E-state index in [1.807, 2.05) is 10.9 Å². The molecule has 0 atom stereocenters. The number of hydrogen-bond acceptors (Lipinski definition) is 5. The van der Waals surface area contributed by atoms with Crippen molar-refractivity contribution in [2.75, 3.05) is 12.4 Å². The second-order valence-corrected chi connectivity index (χ2v) is 7.99. The van der Waals surface area contributed by atoms with Gasteiger partial charge in [-0.1, -0.05) is 6.07 Å². The zero-order valence-corrected chi connectivity index (χ0v) is 17.6. The summed E-state index contributed by atoms with van der Waals surface area (Å²) in [5, 5.41) is 8.26. The largest absolute Gasteiger partial charge is 0.494 e. The summed E-state index contributed by atoms with van der Waals surface area (Å²) in [6.45, 7) is 0. The number of ether oxygens (including phenoxy) is 1. The fourth-order valence-electron chi connectivity index (χ4n) is 4.09. The van der Waals surface area contributed by atoms with Gasteiger partial charge >= 0.3 is 0 Å². The Bertz CT molecular complexity index is 1120. The number of aromatic nitrogens is 3. The molecule has 1 N–H and O–H groups in total. The van der Waals surface area contributed by atoms with Gasteiger partial charge in [0.15, 0.2) is 0 Å². The molecule has 4 rings (SSSR count). The molecule has 0 saturated heterocycles. The number of rotatable bonds is 7. The summed E-state index contributed by atoms with van der Waals surface area (Å²) in [7, 11) is 1.50. The van der Waals surface area contributed by atoms with E-state index in [1.165, 1.54) is 25.3 Å². The molecule has 32 heavy (non-hydrogen) atoms. The summed E-state index contributed by atoms with van der Waals surface area (Å²) in [5.74, 6) is 0.0498. The van der Waals surface area contributed by atoms with Crippen molar-refractivity contribution in [2.24, 2.45) is 5.92 Å². The molecule has 2 aromatic heterocycles. The van der Waals surface area contributed by atoms with Gasteiger partial charge in [0.2, 0.25) is 6.43 Å². The van der Waals surface area contributed by atoms with Crippen molar-refractivity contribution in [3.63, 3.8) is 0 Å². The Morgan fingerprint density at radius 1 is 1.28 bits per heavy atom. The monoisotopic (exact) mass is 442 g/mol. The second-order valence-electron chi connectivity index (χ2n) is 7.99. The number of nitrogens with zero attached hydrogens (tertiary/aromatic N) is 3. The number of halogens is 2. The Labute approximate surface area is 183 Å². The minimum Gasteiger partial charge on any atom is -0.494 e. The number of pyridine rings is 1. The van der Waals surface area contributed by atoms with E-state index in [0.29, 0.717) is 11.4 Å². The number of nitrogens with one attached hydrogen (secondary N) is 1. The first kappa shape index (κ1) is 21.9. The predicted molar refractivity (Wildman–Crippen MR) is 115 cm³/mol. The number of benzene rings is 1. The van der Waals surface area contributed by atoms with E-state index < -0.39 is 18.8 Å². The lowest BCUT2D eigenvalue weighted by molar-refractivity contribution is -0.112. The second kappa shape index (κ2) is 9.42. The highest BCUT2D eigenvalue weighted by Crippen LogP contribution is 2.34. The molecule has 0 spiro atoms. The molecule has 168 valence electrons. The lowest BCUT2D eigenvalue weighted by atomic mass is 9.87. The van der Waals surface area contributed by atoms with Crippen LogP contribution in [0.25, 0.3) is 10.9 Å². The standard InChI is InChI=1S/C23H24F2N4O3/c1-32-21-11-19-15(12-29(28-19)17-7-5-14(13-30)6-8-17)9-20(21)27-23(31)18-4-2-3-16(26-18)10-22(24)25/h2-4,9,11-14,17,22H,5-8,10H2,1H3,(H,27,31). The first-order chi connectivity index (χ1) is 15.5. The summed E-state index contributed by atoms with van der Waals surface area (Å²) >= 11 is 0. The molecule has 0 aliphatic heterocycles. The molecular weight excluding hydrogens is 418 g/mol. The van der Waals surface area contributed by atoms with Crippen LogP contribution in [-0.2, 0) is 11.2 Å². The minimum atomic E-state index is -2.53. The minimum absolute atomic E-state index is 0.0490. The van der Waals surface area contributed by atoms with E-state index in [2.05, 4.69) is 15.4 Å². The third-order valence-corrected chi connectivity index (χ3v) is 5.80. The Hall–Kier alpha value is -3.36. The van der Waals surface area contributed by atoms with Gasteiger partial charge in [-0.15, -0.1) is 0 Å². The van der Waals surface area contributed by atoms with Crippen LogP contribution >= 0.6 is 0 Å². The maximum absolute atomic E-state index is 12.7. The topological polar surface area (TPSA) is 86.1 Å². The van der Waals surface area contributed by atoms with Gasteiger partial charge in [0, 0.05) is 29.3 Å². The molecule has 1 fully saturated rings. The first-order valence-electron chi connectivity index (χ1n) is 10.5. The van der Waals surface area contributed by atoms with Crippen LogP contribution in [0.3, 0.4) is 0 Å². The van der Waals surface area contributed by atoms with Gasteiger partial charge in [0.1, 0.15) is 17.7 Å². The number of amides is 1. The average Bonchev–Trinajstić information content (AvgIpc) is 3.21. The normalized spacial score (nSPS) is 18.6. The lowest BCUT2D eigenvalue weighted by Crippen LogP contribution is -2.19. The van der Waals surface area contributed by atoms with Crippen LogP contribution in [0.15, 0.2) is 36.5 Å². The summed E-state index contributed by atoms with van der Waals surface area (Å²) < 4.78 is 32.6. The van der Waals surface area contributed by atoms with Crippen LogP contribution in [0.4, 0.5) is 14.5 Å². The van der Waals surface area contributed by atoms with Crippen LogP contribution in [-0.4, -0.2) is 40.5 Å². The van der Waals surface area contributed by atoms with E-state index in [1.54, 1.807) is 12.1 Å². The molecule has 9 heteroatoms. The predicted octanol–water partition coefficient (Wildman–Crippen LogP) is 4.43. The highest BCUT2D eigenvalue weighted by atomic mass is 19.3. The van der Waals surface area contributed by atoms with Crippen molar-refractivity contribution in [2.45, 2.75) is 44.6 Å². The number of carbonyl (C=O) groups is 2. The van der Waals surface area contributed by atoms with Crippen LogP contribution in [0.2, 0.25) is 0 Å². The molecule has 1 saturated carbocycles. The zero-order valence-electron chi connectivity index (χ0n) is 17.6. The van der Waals surface area contributed by atoms with Gasteiger partial charge in [-0.05, 0) is 43.9 Å². The summed E-state index contributed by atoms with van der Waals surface area (Å²) in [4.78, 5) is 27.7. The number of methoxy groups -OCH3 is 1. The highest BCUT2D eigenvalue weighted by Gasteiger charge is 2.23. The van der Waals surface area contributed by atoms with Gasteiger partial charge in [-0.25, -0.2) is 13.8 Å². The number of aldehydes is 1. The molecule has 7 nitrogen and oxygen atoms in total. The molecule has 0 bridgehead atoms. The third kappa shape index (κ3) is 4.76. The Morgan fingerprint density at radius 3 is 2.75 bits per heavy atom. The summed E-state index contributed by atoms with van der Waals surface area (Å²) in [6.07, 6.45) is 3.40. The van der Waals surface area contributed by atoms with Gasteiger partial charge in [0.05, 0.1) is 30.8 Å². The molecule has 0 radical (unpaired) electrons. The molecular formula is C23H24F2N4O3. The van der Waals surface area contributed by atoms with Crippen molar-refractivity contribution in [1.29, 1.82) is 0 Å². The molecule has 1 aromatic carbocycles. The van der Waals surface area contributed by atoms with Gasteiger partial charge in [-0.3, -0.25) is 9.48 Å². The van der Waals surface area contributed by atoms with Crippen LogP contribution in [0.5, 0.6) is 5.75 Å². The first-order valence-corrected chi connectivity index (χ1v) is 10.5. The van der Waals surface area contributed by atoms with E-state index in [9.17, 15) is 18.4 Å². The number of carbonyl (C=O) groups excluding carboxylic acids is 2. The fourth-order valence-corrected chi connectivity index (χ4v) is 4.09. The third-order valence-electron chi connectivity index (χ3n) is 5.80. The van der Waals surface area contributed by atoms with Crippen LogP contribution < -0.4 is 10.1 Å². The maximum Gasteiger partial charge on any atom is 0.274 e. The fraction of sp³-hybridized carbons (Fsp3) is 0.391. The average molecular weight is 442 g/mol. The van der Waals surface area contributed by atoms with Crippen LogP contribution in [0, 0.1) is 5.92 Å². The smallest absolute Gasteiger partial charge is 0.274 e. The number of alkyl halides is 2. The van der Waals surface area contributed by atoms with E-state index in [-0.39, 0.29) is 23.3 Å². The lowest BCUT2D eigenvalue weighted by Gasteiger charge is -2.25. The quantitative estimate of drug-likeness (QED) is 0.547. The molecule has 3 aromatic rings. The van der Waals surface area contributed by atoms with E-state index >= 15 is 0 Å². The van der Waals surface area contributed by atoms with Crippen molar-refractivity contribution in [1.82, 2.24) is 14.8 Å². The number of hydrogen-bond donors (Lipinski definition) is 1. The number of fused-ring (bicyclic) bond motifs is 1. The maximum atomic E-state index is 12.7. The van der Waals surface area contributed by atoms with Crippen molar-refractivity contribution < 1.29 is 23.1 Å². The van der Waals surface area contributed by atoms with Crippen molar-refractivity contribution in [3.05, 3.63) is 47.9 Å². The number of anilines is 1. The molecule has 0 unspecified atom stereocenters. The molecule has 1 aliphatic carbocycles. The highest BCUT2D eigenvalue weighted by molar-refractivity contribution is 6.05. The molecule has 2 heterocycles. The Morgan fingerprint density at radius 2 is 2.06 bits per heavy atom. The SMILES string of the molecule is COc1cc2nn(C3CCC(C=O)CC3)cc2cc1NC(=O)c1cccc(CC(F)F)n1. The Balaban J connectivity index is 1.56. The van der Waals surface area contributed by atoms with Crippen molar-refractivity contribution in [3.8, 4) is 5.75 Å². The van der Waals surface area contributed by atoms with E-state index in [0.717, 1.165) is 42.9 Å².